The molecule has 1 aliphatic rings. The number of primary amides is 1. The molecule has 1 aliphatic heterocycles. The summed E-state index contributed by atoms with van der Waals surface area (Å²) in [4.78, 5) is 26.1. The standard InChI is InChI=1S/C14H17N3O2S/c15-5-1-4-12-7-11(9-20-12)14(19)17-6-2-3-10(8-17)13(16)18/h7,9-10H,2-3,5-6,8,15H2,(H2,16,18). The summed E-state index contributed by atoms with van der Waals surface area (Å²) in [5, 5.41) is 1.79. The van der Waals surface area contributed by atoms with E-state index in [1.165, 1.54) is 11.3 Å². The van der Waals surface area contributed by atoms with E-state index in [2.05, 4.69) is 11.8 Å². The maximum Gasteiger partial charge on any atom is 0.254 e. The molecule has 0 saturated carbocycles. The predicted molar refractivity (Wildman–Crippen MR) is 78.1 cm³/mol. The van der Waals surface area contributed by atoms with Gasteiger partial charge in [0, 0.05) is 18.5 Å². The normalized spacial score (nSPS) is 18.2. The van der Waals surface area contributed by atoms with E-state index in [0.29, 0.717) is 25.2 Å². The number of piperidine rings is 1. The fourth-order valence-corrected chi connectivity index (χ4v) is 2.98. The van der Waals surface area contributed by atoms with Gasteiger partial charge < -0.3 is 16.4 Å². The molecule has 0 bridgehead atoms. The van der Waals surface area contributed by atoms with Gasteiger partial charge in [-0.25, -0.2) is 0 Å². The van der Waals surface area contributed by atoms with Crippen molar-refractivity contribution in [2.45, 2.75) is 12.8 Å². The molecule has 6 heteroatoms. The Morgan fingerprint density at radius 3 is 3.00 bits per heavy atom. The minimum absolute atomic E-state index is 0.0620. The summed E-state index contributed by atoms with van der Waals surface area (Å²) in [6.45, 7) is 1.38. The van der Waals surface area contributed by atoms with Crippen molar-refractivity contribution in [3.8, 4) is 11.8 Å². The smallest absolute Gasteiger partial charge is 0.254 e. The Labute approximate surface area is 121 Å². The number of hydrogen-bond acceptors (Lipinski definition) is 4. The zero-order valence-corrected chi connectivity index (χ0v) is 11.9. The molecule has 0 aliphatic carbocycles. The molecule has 1 aromatic heterocycles. The Bertz CT molecular complexity index is 570. The molecule has 4 N–H and O–H groups in total. The number of carbonyl (C=O) groups excluding carboxylic acids is 2. The lowest BCUT2D eigenvalue weighted by Gasteiger charge is -2.31. The highest BCUT2D eigenvalue weighted by molar-refractivity contribution is 7.10. The first-order valence-electron chi connectivity index (χ1n) is 6.48. The molecule has 2 amide bonds. The van der Waals surface area contributed by atoms with Gasteiger partial charge in [-0.1, -0.05) is 11.8 Å². The third-order valence-corrected chi connectivity index (χ3v) is 4.12. The lowest BCUT2D eigenvalue weighted by molar-refractivity contribution is -0.123. The summed E-state index contributed by atoms with van der Waals surface area (Å²) in [5.41, 5.74) is 11.3. The number of thiophene rings is 1. The molecule has 106 valence electrons. The van der Waals surface area contributed by atoms with Gasteiger partial charge in [0.25, 0.3) is 5.91 Å². The number of amides is 2. The minimum atomic E-state index is -0.331. The van der Waals surface area contributed by atoms with E-state index in [1.807, 2.05) is 0 Å². The number of rotatable bonds is 2. The van der Waals surface area contributed by atoms with Crippen LogP contribution in [-0.2, 0) is 4.79 Å². The van der Waals surface area contributed by atoms with Gasteiger partial charge in [0.1, 0.15) is 0 Å². The Morgan fingerprint density at radius 1 is 1.50 bits per heavy atom. The molecule has 1 fully saturated rings. The Kier molecular flexibility index (Phi) is 4.77. The molecule has 0 radical (unpaired) electrons. The lowest BCUT2D eigenvalue weighted by atomic mass is 9.97. The van der Waals surface area contributed by atoms with Gasteiger partial charge in [0.15, 0.2) is 0 Å². The molecule has 20 heavy (non-hydrogen) atoms. The summed E-state index contributed by atoms with van der Waals surface area (Å²) >= 11 is 1.42. The van der Waals surface area contributed by atoms with Crippen LogP contribution in [0.1, 0.15) is 28.1 Å². The Morgan fingerprint density at radius 2 is 2.30 bits per heavy atom. The largest absolute Gasteiger partial charge is 0.369 e. The number of hydrogen-bond donors (Lipinski definition) is 2. The average molecular weight is 291 g/mol. The van der Waals surface area contributed by atoms with Crippen LogP contribution >= 0.6 is 11.3 Å². The van der Waals surface area contributed by atoms with Crippen LogP contribution in [0.15, 0.2) is 11.4 Å². The van der Waals surface area contributed by atoms with Gasteiger partial charge in [-0.2, -0.15) is 0 Å². The van der Waals surface area contributed by atoms with Gasteiger partial charge in [-0.3, -0.25) is 9.59 Å². The van der Waals surface area contributed by atoms with Gasteiger partial charge in [-0.15, -0.1) is 11.3 Å². The van der Waals surface area contributed by atoms with Crippen LogP contribution in [0.2, 0.25) is 0 Å². The minimum Gasteiger partial charge on any atom is -0.369 e. The summed E-state index contributed by atoms with van der Waals surface area (Å²) < 4.78 is 0. The van der Waals surface area contributed by atoms with Crippen LogP contribution in [0.5, 0.6) is 0 Å². The molecule has 0 spiro atoms. The summed E-state index contributed by atoms with van der Waals surface area (Å²) in [6, 6.07) is 1.77. The van der Waals surface area contributed by atoms with Gasteiger partial charge in [0.2, 0.25) is 5.91 Å². The molecular formula is C14H17N3O2S. The fourth-order valence-electron chi connectivity index (χ4n) is 2.23. The van der Waals surface area contributed by atoms with Crippen LogP contribution in [0.3, 0.4) is 0 Å². The zero-order valence-electron chi connectivity index (χ0n) is 11.1. The molecular weight excluding hydrogens is 274 g/mol. The van der Waals surface area contributed by atoms with Crippen molar-refractivity contribution >= 4 is 23.2 Å². The van der Waals surface area contributed by atoms with Crippen molar-refractivity contribution in [3.05, 3.63) is 21.9 Å². The van der Waals surface area contributed by atoms with Crippen LogP contribution in [0, 0.1) is 17.8 Å². The van der Waals surface area contributed by atoms with Crippen LogP contribution < -0.4 is 11.5 Å². The highest BCUT2D eigenvalue weighted by atomic mass is 32.1. The lowest BCUT2D eigenvalue weighted by Crippen LogP contribution is -2.44. The fraction of sp³-hybridized carbons (Fsp3) is 0.429. The van der Waals surface area contributed by atoms with E-state index >= 15 is 0 Å². The Hall–Kier alpha value is -1.84. The summed E-state index contributed by atoms with van der Waals surface area (Å²) in [5.74, 6) is 5.04. The number of nitrogens with two attached hydrogens (primary N) is 2. The van der Waals surface area contributed by atoms with Crippen molar-refractivity contribution in [2.75, 3.05) is 19.6 Å². The molecule has 2 heterocycles. The van der Waals surface area contributed by atoms with E-state index in [4.69, 9.17) is 11.5 Å². The number of likely N-dealkylation sites (tertiary alicyclic amines) is 1. The van der Waals surface area contributed by atoms with Gasteiger partial charge >= 0.3 is 0 Å². The third kappa shape index (κ3) is 3.38. The van der Waals surface area contributed by atoms with Crippen molar-refractivity contribution in [2.24, 2.45) is 17.4 Å². The van der Waals surface area contributed by atoms with Crippen LogP contribution in [-0.4, -0.2) is 36.3 Å². The van der Waals surface area contributed by atoms with E-state index in [9.17, 15) is 9.59 Å². The Balaban J connectivity index is 2.07. The number of nitrogens with zero attached hydrogens (tertiary/aromatic N) is 1. The topological polar surface area (TPSA) is 89.4 Å². The predicted octanol–water partition coefficient (Wildman–Crippen LogP) is 0.396. The molecule has 1 unspecified atom stereocenters. The highest BCUT2D eigenvalue weighted by Gasteiger charge is 2.27. The van der Waals surface area contributed by atoms with E-state index in [0.717, 1.165) is 17.7 Å². The summed E-state index contributed by atoms with van der Waals surface area (Å²) in [7, 11) is 0. The molecule has 1 saturated heterocycles. The monoisotopic (exact) mass is 291 g/mol. The maximum absolute atomic E-state index is 12.4. The molecule has 5 nitrogen and oxygen atoms in total. The van der Waals surface area contributed by atoms with Crippen molar-refractivity contribution in [1.29, 1.82) is 0 Å². The summed E-state index contributed by atoms with van der Waals surface area (Å²) in [6.07, 6.45) is 1.57. The first kappa shape index (κ1) is 14.6. The maximum atomic E-state index is 12.4. The second-order valence-corrected chi connectivity index (χ2v) is 5.61. The van der Waals surface area contributed by atoms with Crippen molar-refractivity contribution in [1.82, 2.24) is 4.90 Å². The van der Waals surface area contributed by atoms with E-state index < -0.39 is 0 Å². The van der Waals surface area contributed by atoms with Crippen LogP contribution in [0.25, 0.3) is 0 Å². The molecule has 0 aromatic carbocycles. The molecule has 2 rings (SSSR count). The van der Waals surface area contributed by atoms with Gasteiger partial charge in [0.05, 0.1) is 22.9 Å². The first-order chi connectivity index (χ1) is 9.61. The van der Waals surface area contributed by atoms with Crippen molar-refractivity contribution in [3.63, 3.8) is 0 Å². The highest BCUT2D eigenvalue weighted by Crippen LogP contribution is 2.21. The molecule has 1 aromatic rings. The zero-order chi connectivity index (χ0) is 14.5. The second kappa shape index (κ2) is 6.55. The SMILES string of the molecule is NCC#Cc1cc(C(=O)N2CCCC(C(N)=O)C2)cs1. The van der Waals surface area contributed by atoms with E-state index in [1.54, 1.807) is 16.3 Å². The van der Waals surface area contributed by atoms with E-state index in [-0.39, 0.29) is 17.7 Å². The van der Waals surface area contributed by atoms with Gasteiger partial charge in [-0.05, 0) is 18.9 Å². The first-order valence-corrected chi connectivity index (χ1v) is 7.36. The van der Waals surface area contributed by atoms with Crippen LogP contribution in [0.4, 0.5) is 0 Å². The molecule has 1 atom stereocenters. The second-order valence-electron chi connectivity index (χ2n) is 4.70. The quantitative estimate of drug-likeness (QED) is 0.773. The third-order valence-electron chi connectivity index (χ3n) is 3.27. The average Bonchev–Trinajstić information content (AvgIpc) is 2.93. The number of carbonyl (C=O) groups is 2. The van der Waals surface area contributed by atoms with Crippen molar-refractivity contribution < 1.29 is 9.59 Å².